The summed E-state index contributed by atoms with van der Waals surface area (Å²) >= 11 is 0. The second-order valence-electron chi connectivity index (χ2n) is 9.68. The number of amides is 1. The lowest BCUT2D eigenvalue weighted by molar-refractivity contribution is 0.196. The van der Waals surface area contributed by atoms with E-state index in [4.69, 9.17) is 19.2 Å². The van der Waals surface area contributed by atoms with Gasteiger partial charge in [0.15, 0.2) is 11.5 Å². The first-order valence-corrected chi connectivity index (χ1v) is 12.1. The molecule has 1 aromatic heterocycles. The van der Waals surface area contributed by atoms with E-state index < -0.39 is 11.6 Å². The summed E-state index contributed by atoms with van der Waals surface area (Å²) in [6, 6.07) is 17.0. The summed E-state index contributed by atoms with van der Waals surface area (Å²) in [6.07, 6.45) is 0.634. The average Bonchev–Trinajstić information content (AvgIpc) is 2.90. The highest BCUT2D eigenvalue weighted by Gasteiger charge is 2.30. The third-order valence-corrected chi connectivity index (χ3v) is 6.09. The molecule has 1 amide bonds. The first-order chi connectivity index (χ1) is 18.1. The number of ether oxygens (including phenoxy) is 3. The number of nitrogens with zero attached hydrogens (tertiary/aromatic N) is 3. The van der Waals surface area contributed by atoms with Gasteiger partial charge in [-0.3, -0.25) is 4.90 Å². The summed E-state index contributed by atoms with van der Waals surface area (Å²) in [5.41, 5.74) is 2.27. The van der Waals surface area contributed by atoms with Gasteiger partial charge in [-0.25, -0.2) is 14.8 Å². The lowest BCUT2D eigenvalue weighted by Gasteiger charge is -2.34. The predicted octanol–water partition coefficient (Wildman–Crippen LogP) is 6.22. The van der Waals surface area contributed by atoms with Crippen LogP contribution < -0.4 is 24.4 Å². The van der Waals surface area contributed by atoms with Crippen LogP contribution in [0.4, 0.5) is 16.4 Å². The summed E-state index contributed by atoms with van der Waals surface area (Å²) in [7, 11) is 4.78. The minimum absolute atomic E-state index is 0.444. The predicted molar refractivity (Wildman–Crippen MR) is 149 cm³/mol. The molecule has 3 aromatic carbocycles. The highest BCUT2D eigenvalue weighted by atomic mass is 16.5. The fraction of sp³-hybridized carbons (Fsp3) is 0.276. The number of hydrogen-bond donors (Lipinski definition) is 2. The molecule has 0 bridgehead atoms. The van der Waals surface area contributed by atoms with Gasteiger partial charge < -0.3 is 24.6 Å². The SMILES string of the molecule is COc1ccc2cc(-c3ccnc(NCc4ccc(OC)c(OC)c4)n3)cc(N(C(=O)O)C(C)(C)C)c2c1. The maximum Gasteiger partial charge on any atom is 0.412 e. The van der Waals surface area contributed by atoms with Gasteiger partial charge in [0.1, 0.15) is 5.75 Å². The molecule has 0 fully saturated rings. The van der Waals surface area contributed by atoms with Crippen molar-refractivity contribution in [2.75, 3.05) is 31.5 Å². The van der Waals surface area contributed by atoms with Crippen LogP contribution in [0.2, 0.25) is 0 Å². The van der Waals surface area contributed by atoms with Gasteiger partial charge in [-0.05, 0) is 74.2 Å². The fourth-order valence-electron chi connectivity index (χ4n) is 4.30. The van der Waals surface area contributed by atoms with Crippen molar-refractivity contribution in [3.8, 4) is 28.5 Å². The molecule has 0 radical (unpaired) electrons. The van der Waals surface area contributed by atoms with Crippen LogP contribution in [0.3, 0.4) is 0 Å². The van der Waals surface area contributed by atoms with Crippen LogP contribution in [0.25, 0.3) is 22.0 Å². The first-order valence-electron chi connectivity index (χ1n) is 12.1. The number of nitrogens with one attached hydrogen (secondary N) is 1. The van der Waals surface area contributed by atoms with E-state index in [0.717, 1.165) is 21.9 Å². The van der Waals surface area contributed by atoms with Crippen molar-refractivity contribution in [1.82, 2.24) is 9.97 Å². The summed E-state index contributed by atoms with van der Waals surface area (Å²) < 4.78 is 16.1. The van der Waals surface area contributed by atoms with Crippen molar-refractivity contribution in [3.63, 3.8) is 0 Å². The van der Waals surface area contributed by atoms with Crippen LogP contribution in [-0.2, 0) is 6.54 Å². The Kier molecular flexibility index (Phi) is 7.57. The summed E-state index contributed by atoms with van der Waals surface area (Å²) in [4.78, 5) is 22.8. The Labute approximate surface area is 222 Å². The molecule has 198 valence electrons. The molecule has 0 unspecified atom stereocenters. The maximum atomic E-state index is 12.4. The van der Waals surface area contributed by atoms with Crippen LogP contribution >= 0.6 is 0 Å². The number of rotatable bonds is 8. The van der Waals surface area contributed by atoms with Gasteiger partial charge in [0.2, 0.25) is 5.95 Å². The number of carboxylic acid groups (broad SMARTS) is 1. The van der Waals surface area contributed by atoms with Gasteiger partial charge in [-0.15, -0.1) is 0 Å². The molecule has 0 aliphatic rings. The highest BCUT2D eigenvalue weighted by molar-refractivity contribution is 6.04. The molecule has 9 nitrogen and oxygen atoms in total. The van der Waals surface area contributed by atoms with Crippen molar-refractivity contribution in [3.05, 3.63) is 66.4 Å². The van der Waals surface area contributed by atoms with Crippen molar-refractivity contribution in [1.29, 1.82) is 0 Å². The van der Waals surface area contributed by atoms with Gasteiger partial charge in [-0.1, -0.05) is 12.1 Å². The molecule has 4 rings (SSSR count). The van der Waals surface area contributed by atoms with E-state index in [1.807, 2.05) is 69.3 Å². The largest absolute Gasteiger partial charge is 0.497 e. The highest BCUT2D eigenvalue weighted by Crippen LogP contribution is 2.38. The molecule has 4 aromatic rings. The van der Waals surface area contributed by atoms with Gasteiger partial charge in [0.25, 0.3) is 0 Å². The minimum Gasteiger partial charge on any atom is -0.497 e. The van der Waals surface area contributed by atoms with Gasteiger partial charge in [0.05, 0.1) is 32.7 Å². The first kappa shape index (κ1) is 26.5. The molecule has 0 aliphatic carbocycles. The van der Waals surface area contributed by atoms with Crippen molar-refractivity contribution < 1.29 is 24.1 Å². The monoisotopic (exact) mass is 516 g/mol. The molecule has 2 N–H and O–H groups in total. The van der Waals surface area contributed by atoms with Crippen LogP contribution in [0.5, 0.6) is 17.2 Å². The van der Waals surface area contributed by atoms with Crippen molar-refractivity contribution in [2.45, 2.75) is 32.9 Å². The molecule has 0 spiro atoms. The second kappa shape index (κ2) is 10.8. The van der Waals surface area contributed by atoms with Crippen LogP contribution in [0.1, 0.15) is 26.3 Å². The number of fused-ring (bicyclic) bond motifs is 1. The smallest absolute Gasteiger partial charge is 0.412 e. The van der Waals surface area contributed by atoms with E-state index in [0.29, 0.717) is 41.1 Å². The van der Waals surface area contributed by atoms with E-state index in [1.165, 1.54) is 4.90 Å². The number of benzene rings is 3. The van der Waals surface area contributed by atoms with Crippen LogP contribution in [-0.4, -0.2) is 48.0 Å². The molecule has 9 heteroatoms. The number of hydrogen-bond acceptors (Lipinski definition) is 7. The number of methoxy groups -OCH3 is 3. The van der Waals surface area contributed by atoms with E-state index in [9.17, 15) is 9.90 Å². The molecular formula is C29H32N4O5. The minimum atomic E-state index is -1.04. The Balaban J connectivity index is 1.73. The van der Waals surface area contributed by atoms with Gasteiger partial charge in [-0.2, -0.15) is 0 Å². The zero-order valence-corrected chi connectivity index (χ0v) is 22.4. The standard InChI is InChI=1S/C29H32N4O5/c1-29(2,3)33(28(34)35)24-15-20(14-19-8-9-21(36-4)16-22(19)24)23-11-12-30-27(32-23)31-17-18-7-10-25(37-5)26(13-18)38-6/h7-16H,17H2,1-6H3,(H,34,35)(H,30,31,32). The molecule has 1 heterocycles. The van der Waals surface area contributed by atoms with E-state index in [2.05, 4.69) is 10.3 Å². The Hall–Kier alpha value is -4.53. The molecule has 0 saturated carbocycles. The molecular weight excluding hydrogens is 484 g/mol. The Morgan fingerprint density at radius 3 is 2.37 bits per heavy atom. The quantitative estimate of drug-likeness (QED) is 0.284. The van der Waals surface area contributed by atoms with Gasteiger partial charge >= 0.3 is 6.09 Å². The number of carbonyl (C=O) groups is 1. The van der Waals surface area contributed by atoms with Crippen molar-refractivity contribution >= 4 is 28.5 Å². The Bertz CT molecular complexity index is 1470. The lowest BCUT2D eigenvalue weighted by Crippen LogP contribution is -2.45. The third-order valence-electron chi connectivity index (χ3n) is 6.09. The van der Waals surface area contributed by atoms with Crippen molar-refractivity contribution in [2.24, 2.45) is 0 Å². The van der Waals surface area contributed by atoms with E-state index in [-0.39, 0.29) is 0 Å². The zero-order valence-electron chi connectivity index (χ0n) is 22.4. The summed E-state index contributed by atoms with van der Waals surface area (Å²) in [5, 5.41) is 15.0. The van der Waals surface area contributed by atoms with E-state index in [1.54, 1.807) is 33.6 Å². The van der Waals surface area contributed by atoms with E-state index >= 15 is 0 Å². The lowest BCUT2D eigenvalue weighted by atomic mass is 9.98. The van der Waals surface area contributed by atoms with Crippen LogP contribution in [0.15, 0.2) is 60.8 Å². The second-order valence-corrected chi connectivity index (χ2v) is 9.68. The third kappa shape index (κ3) is 5.56. The Morgan fingerprint density at radius 1 is 0.947 bits per heavy atom. The van der Waals surface area contributed by atoms with Gasteiger partial charge in [0, 0.05) is 29.2 Å². The maximum absolute atomic E-state index is 12.4. The number of anilines is 2. The molecule has 0 saturated heterocycles. The number of aromatic nitrogens is 2. The topological polar surface area (TPSA) is 106 Å². The summed E-state index contributed by atoms with van der Waals surface area (Å²) in [5.74, 6) is 2.39. The molecule has 0 aliphatic heterocycles. The molecule has 38 heavy (non-hydrogen) atoms. The van der Waals surface area contributed by atoms with Crippen LogP contribution in [0, 0.1) is 0 Å². The normalized spacial score (nSPS) is 11.2. The Morgan fingerprint density at radius 2 is 1.71 bits per heavy atom. The summed E-state index contributed by atoms with van der Waals surface area (Å²) in [6.45, 7) is 6.06. The fourth-order valence-corrected chi connectivity index (χ4v) is 4.30. The molecule has 0 atom stereocenters. The average molecular weight is 517 g/mol. The zero-order chi connectivity index (χ0) is 27.4.